The lowest BCUT2D eigenvalue weighted by Crippen LogP contribution is -2.04. The molecule has 2 rings (SSSR count). The van der Waals surface area contributed by atoms with E-state index < -0.39 is 0 Å². The highest BCUT2D eigenvalue weighted by Gasteiger charge is 2.08. The topological polar surface area (TPSA) is 38.0 Å². The van der Waals surface area contributed by atoms with E-state index in [1.165, 1.54) is 0 Å². The van der Waals surface area contributed by atoms with E-state index in [0.29, 0.717) is 12.4 Å². The lowest BCUT2D eigenvalue weighted by atomic mass is 10.3. The zero-order valence-electron chi connectivity index (χ0n) is 8.77. The summed E-state index contributed by atoms with van der Waals surface area (Å²) in [4.78, 5) is 4.36. The highest BCUT2D eigenvalue weighted by atomic mass is 16.3. The molecule has 1 aromatic heterocycles. The normalized spacial score (nSPS) is 10.8. The van der Waals surface area contributed by atoms with Crippen molar-refractivity contribution in [2.24, 2.45) is 0 Å². The number of aromatic nitrogens is 2. The lowest BCUT2D eigenvalue weighted by Gasteiger charge is -2.06. The van der Waals surface area contributed by atoms with E-state index in [1.54, 1.807) is 0 Å². The largest absolute Gasteiger partial charge is 0.388 e. The molecule has 15 heavy (non-hydrogen) atoms. The minimum Gasteiger partial charge on any atom is -0.388 e. The van der Waals surface area contributed by atoms with Gasteiger partial charge in [-0.05, 0) is 19.1 Å². The minimum absolute atomic E-state index is 0.0397. The number of para-hydroxylation sites is 2. The molecule has 0 saturated carbocycles. The Hall–Kier alpha value is -1.61. The van der Waals surface area contributed by atoms with Gasteiger partial charge in [0, 0.05) is 6.54 Å². The number of aliphatic hydroxyl groups is 1. The van der Waals surface area contributed by atoms with Crippen LogP contribution in [0.1, 0.15) is 12.7 Å². The van der Waals surface area contributed by atoms with Crippen molar-refractivity contribution < 1.29 is 5.11 Å². The number of imidazole rings is 1. The molecular formula is C12H14N2O. The van der Waals surface area contributed by atoms with Gasteiger partial charge in [-0.15, -0.1) is 0 Å². The summed E-state index contributed by atoms with van der Waals surface area (Å²) >= 11 is 0. The molecule has 0 amide bonds. The smallest absolute Gasteiger partial charge is 0.136 e. The van der Waals surface area contributed by atoms with Crippen molar-refractivity contribution in [2.45, 2.75) is 20.1 Å². The third-order valence-corrected chi connectivity index (χ3v) is 2.30. The van der Waals surface area contributed by atoms with Crippen molar-refractivity contribution in [1.82, 2.24) is 9.55 Å². The van der Waals surface area contributed by atoms with Crippen LogP contribution in [0.5, 0.6) is 0 Å². The Morgan fingerprint density at radius 3 is 2.87 bits per heavy atom. The van der Waals surface area contributed by atoms with Gasteiger partial charge in [0.25, 0.3) is 0 Å². The molecule has 0 bridgehead atoms. The molecule has 0 unspecified atom stereocenters. The predicted octanol–water partition coefficient (Wildman–Crippen LogP) is 2.10. The van der Waals surface area contributed by atoms with E-state index in [-0.39, 0.29) is 6.61 Å². The molecule has 2 aromatic rings. The Morgan fingerprint density at radius 2 is 2.20 bits per heavy atom. The molecule has 0 aliphatic heterocycles. The molecule has 1 aromatic carbocycles. The van der Waals surface area contributed by atoms with E-state index in [4.69, 9.17) is 0 Å². The average Bonchev–Trinajstić information content (AvgIpc) is 2.56. The Balaban J connectivity index is 2.61. The monoisotopic (exact) mass is 202 g/mol. The van der Waals surface area contributed by atoms with Gasteiger partial charge >= 0.3 is 0 Å². The fourth-order valence-corrected chi connectivity index (χ4v) is 1.69. The molecule has 0 fully saturated rings. The van der Waals surface area contributed by atoms with Crippen molar-refractivity contribution in [2.75, 3.05) is 0 Å². The molecule has 0 saturated heterocycles. The maximum Gasteiger partial charge on any atom is 0.136 e. The van der Waals surface area contributed by atoms with Gasteiger partial charge in [-0.3, -0.25) is 0 Å². The summed E-state index contributed by atoms with van der Waals surface area (Å²) in [7, 11) is 0. The van der Waals surface area contributed by atoms with Gasteiger partial charge in [0.1, 0.15) is 12.4 Å². The van der Waals surface area contributed by atoms with Crippen LogP contribution in [0.2, 0.25) is 0 Å². The fourth-order valence-electron chi connectivity index (χ4n) is 1.69. The summed E-state index contributed by atoms with van der Waals surface area (Å²) < 4.78 is 2.00. The third kappa shape index (κ3) is 1.78. The molecule has 3 heteroatoms. The number of benzene rings is 1. The summed E-state index contributed by atoms with van der Waals surface area (Å²) in [5.41, 5.74) is 3.01. The lowest BCUT2D eigenvalue weighted by molar-refractivity contribution is 0.267. The van der Waals surface area contributed by atoms with Crippen LogP contribution < -0.4 is 0 Å². The minimum atomic E-state index is -0.0397. The van der Waals surface area contributed by atoms with Crippen LogP contribution in [-0.2, 0) is 13.2 Å². The summed E-state index contributed by atoms with van der Waals surface area (Å²) in [6, 6.07) is 7.87. The van der Waals surface area contributed by atoms with E-state index in [1.807, 2.05) is 35.8 Å². The number of hydrogen-bond acceptors (Lipinski definition) is 2. The Labute approximate surface area is 88.7 Å². The number of rotatable bonds is 3. The molecule has 0 atom stereocenters. The maximum atomic E-state index is 9.22. The van der Waals surface area contributed by atoms with Gasteiger partial charge in [0.05, 0.1) is 11.0 Å². The first-order valence-electron chi connectivity index (χ1n) is 4.91. The number of aliphatic hydroxyl groups excluding tert-OH is 1. The average molecular weight is 202 g/mol. The van der Waals surface area contributed by atoms with Gasteiger partial charge in [-0.1, -0.05) is 24.3 Å². The Kier molecular flexibility index (Phi) is 2.56. The standard InChI is InChI=1S/C12H14N2O/c1-9(2)7-14-11-6-4-3-5-10(11)13-12(14)8-15/h3-6,15H,1,7-8H2,2H3. The van der Waals surface area contributed by atoms with Crippen LogP contribution in [0.4, 0.5) is 0 Å². The number of nitrogens with zero attached hydrogens (tertiary/aromatic N) is 2. The maximum absolute atomic E-state index is 9.22. The van der Waals surface area contributed by atoms with Crippen LogP contribution in [-0.4, -0.2) is 14.7 Å². The van der Waals surface area contributed by atoms with Crippen molar-refractivity contribution in [3.8, 4) is 0 Å². The zero-order valence-corrected chi connectivity index (χ0v) is 8.77. The van der Waals surface area contributed by atoms with E-state index >= 15 is 0 Å². The van der Waals surface area contributed by atoms with Gasteiger partial charge < -0.3 is 9.67 Å². The van der Waals surface area contributed by atoms with Gasteiger partial charge in [-0.2, -0.15) is 0 Å². The Bertz CT molecular complexity index is 499. The molecule has 0 aliphatic rings. The quantitative estimate of drug-likeness (QED) is 0.774. The molecule has 1 heterocycles. The highest BCUT2D eigenvalue weighted by molar-refractivity contribution is 5.75. The van der Waals surface area contributed by atoms with E-state index in [2.05, 4.69) is 11.6 Å². The van der Waals surface area contributed by atoms with E-state index in [9.17, 15) is 5.11 Å². The second kappa shape index (κ2) is 3.87. The van der Waals surface area contributed by atoms with Crippen LogP contribution >= 0.6 is 0 Å². The molecule has 3 nitrogen and oxygen atoms in total. The number of hydrogen-bond donors (Lipinski definition) is 1. The molecule has 0 radical (unpaired) electrons. The van der Waals surface area contributed by atoms with Crippen LogP contribution in [0.25, 0.3) is 11.0 Å². The van der Waals surface area contributed by atoms with Gasteiger partial charge in [0.15, 0.2) is 0 Å². The van der Waals surface area contributed by atoms with Crippen LogP contribution in [0.3, 0.4) is 0 Å². The fraction of sp³-hybridized carbons (Fsp3) is 0.250. The Morgan fingerprint density at radius 1 is 1.47 bits per heavy atom. The van der Waals surface area contributed by atoms with Crippen molar-refractivity contribution in [3.05, 3.63) is 42.2 Å². The van der Waals surface area contributed by atoms with Gasteiger partial charge in [-0.25, -0.2) is 4.98 Å². The third-order valence-electron chi connectivity index (χ3n) is 2.30. The van der Waals surface area contributed by atoms with Crippen molar-refractivity contribution in [1.29, 1.82) is 0 Å². The summed E-state index contributed by atoms with van der Waals surface area (Å²) in [6.07, 6.45) is 0. The first-order valence-corrected chi connectivity index (χ1v) is 4.91. The van der Waals surface area contributed by atoms with Crippen molar-refractivity contribution in [3.63, 3.8) is 0 Å². The molecule has 1 N–H and O–H groups in total. The second-order valence-electron chi connectivity index (χ2n) is 3.72. The summed E-state index contributed by atoms with van der Waals surface area (Å²) in [5, 5.41) is 9.22. The highest BCUT2D eigenvalue weighted by Crippen LogP contribution is 2.17. The first kappa shape index (κ1) is 9.93. The molecule has 0 spiro atoms. The van der Waals surface area contributed by atoms with Crippen LogP contribution in [0, 0.1) is 0 Å². The molecule has 0 aliphatic carbocycles. The van der Waals surface area contributed by atoms with Gasteiger partial charge in [0.2, 0.25) is 0 Å². The summed E-state index contributed by atoms with van der Waals surface area (Å²) in [5.74, 6) is 0.694. The second-order valence-corrected chi connectivity index (χ2v) is 3.72. The SMILES string of the molecule is C=C(C)Cn1c(CO)nc2ccccc21. The molecule has 78 valence electrons. The first-order chi connectivity index (χ1) is 7.22. The van der Waals surface area contributed by atoms with Crippen LogP contribution in [0.15, 0.2) is 36.4 Å². The molecular weight excluding hydrogens is 188 g/mol. The number of fused-ring (bicyclic) bond motifs is 1. The summed E-state index contributed by atoms with van der Waals surface area (Å²) in [6.45, 7) is 6.52. The number of allylic oxidation sites excluding steroid dienone is 1. The zero-order chi connectivity index (χ0) is 10.8. The van der Waals surface area contributed by atoms with E-state index in [0.717, 1.165) is 16.6 Å². The van der Waals surface area contributed by atoms with Crippen molar-refractivity contribution >= 4 is 11.0 Å². The predicted molar refractivity (Wildman–Crippen MR) is 60.5 cm³/mol.